The minimum Gasteiger partial charge on any atom is -0.444 e. The molecule has 1 atom stereocenters. The second-order valence-corrected chi connectivity index (χ2v) is 11.3. The number of carbonyl (C=O) groups excluding carboxylic acids is 2. The van der Waals surface area contributed by atoms with Crippen molar-refractivity contribution in [3.8, 4) is 0 Å². The van der Waals surface area contributed by atoms with Crippen molar-refractivity contribution < 1.29 is 14.3 Å². The molecule has 2 heterocycles. The largest absolute Gasteiger partial charge is 0.444 e. The van der Waals surface area contributed by atoms with Gasteiger partial charge in [-0.15, -0.1) is 15.3 Å². The quantitative estimate of drug-likeness (QED) is 0.460. The number of anilines is 1. The average molecular weight is 491 g/mol. The van der Waals surface area contributed by atoms with Crippen LogP contribution in [0.1, 0.15) is 57.6 Å². The monoisotopic (exact) mass is 490 g/mol. The number of rotatable bonds is 7. The molecule has 3 aromatic rings. The molecule has 0 saturated carbocycles. The van der Waals surface area contributed by atoms with Crippen LogP contribution in [0.3, 0.4) is 0 Å². The van der Waals surface area contributed by atoms with Crippen molar-refractivity contribution in [2.24, 2.45) is 5.92 Å². The van der Waals surface area contributed by atoms with Crippen LogP contribution in [0.4, 0.5) is 10.5 Å². The third-order valence-electron chi connectivity index (χ3n) is 4.61. The maximum Gasteiger partial charge on any atom is 0.408 e. The lowest BCUT2D eigenvalue weighted by Crippen LogP contribution is -2.37. The number of nitrogens with zero attached hydrogens (tertiary/aromatic N) is 4. The highest BCUT2D eigenvalue weighted by atomic mass is 32.2. The molecule has 0 aliphatic carbocycles. The summed E-state index contributed by atoms with van der Waals surface area (Å²) in [4.78, 5) is 25.4. The van der Waals surface area contributed by atoms with E-state index < -0.39 is 17.7 Å². The van der Waals surface area contributed by atoms with Crippen LogP contribution in [0.25, 0.3) is 4.96 Å². The second-order valence-electron chi connectivity index (χ2n) is 9.14. The maximum atomic E-state index is 12.5. The number of thioether (sulfide) groups is 1. The topological polar surface area (TPSA) is 111 Å². The van der Waals surface area contributed by atoms with Crippen molar-refractivity contribution in [3.63, 3.8) is 0 Å². The number of amides is 2. The normalized spacial score (nSPS) is 12.7. The minimum absolute atomic E-state index is 0.0334. The van der Waals surface area contributed by atoms with Crippen molar-refractivity contribution in [3.05, 3.63) is 35.2 Å². The lowest BCUT2D eigenvalue weighted by Gasteiger charge is -2.24. The molecule has 0 radical (unpaired) electrons. The highest BCUT2D eigenvalue weighted by Crippen LogP contribution is 2.28. The predicted octanol–water partition coefficient (Wildman–Crippen LogP) is 4.76. The van der Waals surface area contributed by atoms with Gasteiger partial charge in [0.05, 0.1) is 11.8 Å². The van der Waals surface area contributed by atoms with Crippen LogP contribution < -0.4 is 10.6 Å². The summed E-state index contributed by atoms with van der Waals surface area (Å²) in [6, 6.07) is 5.52. The van der Waals surface area contributed by atoms with Gasteiger partial charge in [-0.05, 0) is 57.7 Å². The number of hydrogen-bond donors (Lipinski definition) is 2. The Labute approximate surface area is 201 Å². The maximum absolute atomic E-state index is 12.5. The van der Waals surface area contributed by atoms with Crippen LogP contribution in [0.5, 0.6) is 0 Å². The van der Waals surface area contributed by atoms with Crippen molar-refractivity contribution in [2.45, 2.75) is 64.4 Å². The van der Waals surface area contributed by atoms with Crippen LogP contribution in [-0.4, -0.2) is 43.2 Å². The molecule has 2 aromatic heterocycles. The first-order chi connectivity index (χ1) is 15.4. The summed E-state index contributed by atoms with van der Waals surface area (Å²) in [5.74, 6) is 0.669. The van der Waals surface area contributed by atoms with Gasteiger partial charge in [0.25, 0.3) is 0 Å². The van der Waals surface area contributed by atoms with Gasteiger partial charge >= 0.3 is 6.09 Å². The molecule has 1 aromatic carbocycles. The smallest absolute Gasteiger partial charge is 0.408 e. The molecule has 3 rings (SSSR count). The van der Waals surface area contributed by atoms with Gasteiger partial charge in [0.1, 0.15) is 5.60 Å². The van der Waals surface area contributed by atoms with Gasteiger partial charge < -0.3 is 15.4 Å². The van der Waals surface area contributed by atoms with Crippen LogP contribution in [0.2, 0.25) is 0 Å². The van der Waals surface area contributed by atoms with Crippen molar-refractivity contribution in [1.82, 2.24) is 25.1 Å². The first-order valence-electron chi connectivity index (χ1n) is 10.6. The highest BCUT2D eigenvalue weighted by Gasteiger charge is 2.28. The van der Waals surface area contributed by atoms with Crippen LogP contribution >= 0.6 is 23.1 Å². The SMILES string of the molecule is Cc1ccc(C)c(NC(=O)CSc2nn3c(C(NC(=O)OC(C)(C)C)C(C)C)nnc3s2)c1. The van der Waals surface area contributed by atoms with E-state index in [1.807, 2.05) is 66.7 Å². The van der Waals surface area contributed by atoms with E-state index in [1.54, 1.807) is 4.52 Å². The first-order valence-corrected chi connectivity index (χ1v) is 12.4. The van der Waals surface area contributed by atoms with Crippen molar-refractivity contribution in [2.75, 3.05) is 11.1 Å². The first kappa shape index (κ1) is 25.0. The third-order valence-corrected chi connectivity index (χ3v) is 6.64. The molecule has 0 saturated heterocycles. The fraction of sp³-hybridized carbons (Fsp3) is 0.500. The van der Waals surface area contributed by atoms with Gasteiger partial charge in [-0.1, -0.05) is 49.1 Å². The summed E-state index contributed by atoms with van der Waals surface area (Å²) >= 11 is 2.68. The molecule has 0 aliphatic rings. The Balaban J connectivity index is 1.69. The summed E-state index contributed by atoms with van der Waals surface area (Å²) in [7, 11) is 0. The van der Waals surface area contributed by atoms with Gasteiger partial charge in [-0.3, -0.25) is 4.79 Å². The molecule has 11 heteroatoms. The minimum atomic E-state index is -0.603. The summed E-state index contributed by atoms with van der Waals surface area (Å²) < 4.78 is 7.70. The Morgan fingerprint density at radius 2 is 1.94 bits per heavy atom. The van der Waals surface area contributed by atoms with E-state index in [-0.39, 0.29) is 17.6 Å². The standard InChI is InChI=1S/C22H30N6O3S2/c1-12(2)17(24-20(30)31-22(5,6)7)18-25-26-19-28(18)27-21(33-19)32-11-16(29)23-15-10-13(3)8-9-14(15)4/h8-10,12,17H,11H2,1-7H3,(H,23,29)(H,24,30). The highest BCUT2D eigenvalue weighted by molar-refractivity contribution is 8.01. The molecule has 0 bridgehead atoms. The third kappa shape index (κ3) is 6.67. The molecule has 1 unspecified atom stereocenters. The number of aromatic nitrogens is 4. The number of carbonyl (C=O) groups is 2. The fourth-order valence-corrected chi connectivity index (χ4v) is 4.70. The number of hydrogen-bond acceptors (Lipinski definition) is 8. The Morgan fingerprint density at radius 1 is 1.21 bits per heavy atom. The van der Waals surface area contributed by atoms with Crippen molar-refractivity contribution >= 4 is 45.7 Å². The lowest BCUT2D eigenvalue weighted by molar-refractivity contribution is -0.113. The number of fused-ring (bicyclic) bond motifs is 1. The van der Waals surface area contributed by atoms with Gasteiger partial charge in [0.15, 0.2) is 10.2 Å². The summed E-state index contributed by atoms with van der Waals surface area (Å²) in [5.41, 5.74) is 2.31. The molecule has 2 N–H and O–H groups in total. The zero-order chi connectivity index (χ0) is 24.3. The van der Waals surface area contributed by atoms with E-state index in [0.717, 1.165) is 16.8 Å². The van der Waals surface area contributed by atoms with Gasteiger partial charge in [0, 0.05) is 5.69 Å². The molecule has 178 valence electrons. The molecular weight excluding hydrogens is 460 g/mol. The fourth-order valence-electron chi connectivity index (χ4n) is 3.01. The van der Waals surface area contributed by atoms with E-state index in [1.165, 1.54) is 23.1 Å². The molecule has 9 nitrogen and oxygen atoms in total. The zero-order valence-corrected chi connectivity index (χ0v) is 21.6. The number of nitrogens with one attached hydrogen (secondary N) is 2. The number of benzene rings is 1. The molecule has 2 amide bonds. The zero-order valence-electron chi connectivity index (χ0n) is 19.9. The van der Waals surface area contributed by atoms with E-state index in [4.69, 9.17) is 4.74 Å². The second kappa shape index (κ2) is 10.1. The summed E-state index contributed by atoms with van der Waals surface area (Å²) in [5, 5.41) is 18.8. The molecule has 33 heavy (non-hydrogen) atoms. The Bertz CT molecular complexity index is 1150. The van der Waals surface area contributed by atoms with Gasteiger partial charge in [0.2, 0.25) is 10.9 Å². The Morgan fingerprint density at radius 3 is 2.61 bits per heavy atom. The number of aryl methyl sites for hydroxylation is 2. The van der Waals surface area contributed by atoms with Crippen LogP contribution in [0, 0.1) is 19.8 Å². The average Bonchev–Trinajstić information content (AvgIpc) is 3.26. The number of ether oxygens (including phenoxy) is 1. The molecular formula is C22H30N6O3S2. The van der Waals surface area contributed by atoms with E-state index in [9.17, 15) is 9.59 Å². The van der Waals surface area contributed by atoms with Gasteiger partial charge in [-0.25, -0.2) is 4.79 Å². The molecule has 0 aliphatic heterocycles. The van der Waals surface area contributed by atoms with E-state index in [0.29, 0.717) is 15.1 Å². The molecule has 0 fully saturated rings. The summed E-state index contributed by atoms with van der Waals surface area (Å²) in [6.07, 6.45) is -0.522. The summed E-state index contributed by atoms with van der Waals surface area (Å²) in [6.45, 7) is 13.3. The van der Waals surface area contributed by atoms with E-state index in [2.05, 4.69) is 25.9 Å². The predicted molar refractivity (Wildman–Crippen MR) is 131 cm³/mol. The Hall–Kier alpha value is -2.66. The van der Waals surface area contributed by atoms with Gasteiger partial charge in [-0.2, -0.15) is 4.52 Å². The Kier molecular flexibility index (Phi) is 7.63. The number of alkyl carbamates (subject to hydrolysis) is 1. The molecule has 0 spiro atoms. The van der Waals surface area contributed by atoms with Crippen molar-refractivity contribution in [1.29, 1.82) is 0 Å². The lowest BCUT2D eigenvalue weighted by atomic mass is 10.0. The van der Waals surface area contributed by atoms with Crippen LogP contribution in [-0.2, 0) is 9.53 Å². The van der Waals surface area contributed by atoms with E-state index >= 15 is 0 Å². The van der Waals surface area contributed by atoms with Crippen LogP contribution in [0.15, 0.2) is 22.5 Å².